The van der Waals surface area contributed by atoms with Gasteiger partial charge in [-0.15, -0.1) is 11.8 Å². The minimum absolute atomic E-state index is 0.0229. The van der Waals surface area contributed by atoms with Crippen LogP contribution in [0.25, 0.3) is 0 Å². The molecule has 2 aromatic carbocycles. The smallest absolute Gasteiger partial charge is 0.328 e. The van der Waals surface area contributed by atoms with E-state index in [0.29, 0.717) is 24.6 Å². The molecule has 11 amide bonds. The lowest BCUT2D eigenvalue weighted by Gasteiger charge is -2.41. The Kier molecular flexibility index (Phi) is 42.7. The predicted molar refractivity (Wildman–Crippen MR) is 457 cm³/mol. The van der Waals surface area contributed by atoms with E-state index in [2.05, 4.69) is 86.8 Å². The van der Waals surface area contributed by atoms with Crippen molar-refractivity contribution in [3.05, 3.63) is 77.9 Å². The molecule has 0 bridgehead atoms. The molecule has 7 N–H and O–H groups in total. The summed E-state index contributed by atoms with van der Waals surface area (Å²) in [5.41, 5.74) is 3.01. The monoisotopic (exact) mass is 1670 g/mol. The second kappa shape index (κ2) is 48.6. The molecule has 0 aliphatic carbocycles. The molecular weight excluding hydrogens is 1540 g/mol. The summed E-state index contributed by atoms with van der Waals surface area (Å²) in [5.74, 6) is -12.2. The zero-order chi connectivity index (χ0) is 89.1. The van der Waals surface area contributed by atoms with Gasteiger partial charge < -0.3 is 75.8 Å². The van der Waals surface area contributed by atoms with Crippen LogP contribution in [-0.2, 0) is 68.7 Å². The largest absolute Gasteiger partial charge is 0.478 e. The molecule has 3 heterocycles. The SMILES string of the molecule is CC=CCC(C)C(O)C1C(=O)NC(CC)C(=O)N(C)CC(=O)N(C)C(CC(C)C)C(=O)NC(C(C)C)C(=O)N(C)C(CC(C)C)C(=O)NC(C)C(=O)NC(C)C(=O)N(C)C(CC(C)C)C(=O)N(C)C(CC(C)C)C(=O)N(C)C(C(C)C)C(=O)N1C.CSc1ccc2c(c1)C(N1CCN(C)CC1)Cc1ccccc1S2.O=C(O)C=CC(=O)O. The van der Waals surface area contributed by atoms with Crippen molar-refractivity contribution >= 4 is 100 Å². The van der Waals surface area contributed by atoms with Crippen LogP contribution < -0.4 is 21.3 Å². The van der Waals surface area contributed by atoms with E-state index in [9.17, 15) is 57.8 Å². The maximum atomic E-state index is 15.1. The van der Waals surface area contributed by atoms with E-state index in [0.717, 1.165) is 29.3 Å². The van der Waals surface area contributed by atoms with Crippen LogP contribution >= 0.6 is 23.5 Å². The Morgan fingerprint density at radius 3 is 1.50 bits per heavy atom. The molecule has 13 atom stereocenters. The zero-order valence-corrected chi connectivity index (χ0v) is 75.9. The molecule has 3 aliphatic heterocycles. The molecule has 0 aromatic heterocycles. The first-order valence-corrected chi connectivity index (χ1v) is 43.0. The van der Waals surface area contributed by atoms with Crippen LogP contribution in [0.2, 0.25) is 0 Å². The van der Waals surface area contributed by atoms with E-state index in [1.54, 1.807) is 54.5 Å². The number of nitrogens with zero attached hydrogens (tertiary/aromatic N) is 9. The fourth-order valence-corrected chi connectivity index (χ4v) is 16.1. The lowest BCUT2D eigenvalue weighted by atomic mass is 9.91. The van der Waals surface area contributed by atoms with Gasteiger partial charge in [-0.05, 0) is 156 Å². The van der Waals surface area contributed by atoms with Crippen LogP contribution in [0, 0.1) is 41.4 Å². The molecule has 0 saturated carbocycles. The summed E-state index contributed by atoms with van der Waals surface area (Å²) in [7, 11) is 12.1. The van der Waals surface area contributed by atoms with Gasteiger partial charge in [0.25, 0.3) is 0 Å². The van der Waals surface area contributed by atoms with E-state index in [-0.39, 0.29) is 55.8 Å². The van der Waals surface area contributed by atoms with Gasteiger partial charge in [-0.25, -0.2) is 9.59 Å². The van der Waals surface area contributed by atoms with Gasteiger partial charge in [0, 0.05) is 108 Å². The highest BCUT2D eigenvalue weighted by molar-refractivity contribution is 7.99. The average molecular weight is 1680 g/mol. The van der Waals surface area contributed by atoms with E-state index in [4.69, 9.17) is 10.2 Å². The van der Waals surface area contributed by atoms with Gasteiger partial charge in [-0.1, -0.05) is 139 Å². The minimum Gasteiger partial charge on any atom is -0.478 e. The van der Waals surface area contributed by atoms with E-state index in [1.165, 1.54) is 127 Å². The Bertz CT molecular complexity index is 3740. The quantitative estimate of drug-likeness (QED) is 0.0409. The van der Waals surface area contributed by atoms with Crippen molar-refractivity contribution in [1.82, 2.24) is 65.4 Å². The van der Waals surface area contributed by atoms with Crippen molar-refractivity contribution in [3.8, 4) is 0 Å². The number of hydrogen-bond donors (Lipinski definition) is 7. The van der Waals surface area contributed by atoms with Gasteiger partial charge in [0.2, 0.25) is 65.0 Å². The Morgan fingerprint density at radius 1 is 0.530 bits per heavy atom. The summed E-state index contributed by atoms with van der Waals surface area (Å²) in [6.45, 7) is 34.0. The maximum absolute atomic E-state index is 15.1. The first-order valence-electron chi connectivity index (χ1n) is 40.9. The van der Waals surface area contributed by atoms with E-state index in [1.807, 2.05) is 85.0 Å². The fraction of sp³-hybridized carbons (Fsp3) is 0.663. The number of carboxylic acids is 2. The second-order valence-corrected chi connectivity index (χ2v) is 35.7. The van der Waals surface area contributed by atoms with Crippen LogP contribution in [0.4, 0.5) is 0 Å². The summed E-state index contributed by atoms with van der Waals surface area (Å²) >= 11 is 3.79. The number of aliphatic carboxylic acids is 2. The third kappa shape index (κ3) is 30.4. The number of carboxylic acid groups (broad SMARTS) is 2. The average Bonchev–Trinajstić information content (AvgIpc) is 1.78. The number of rotatable bonds is 19. The summed E-state index contributed by atoms with van der Waals surface area (Å²) in [5, 5.41) is 38.7. The topological polar surface area (TPSA) is 360 Å². The number of thioether (sulfide) groups is 1. The molecule has 0 radical (unpaired) electrons. The summed E-state index contributed by atoms with van der Waals surface area (Å²) in [4.78, 5) is 197. The number of aliphatic hydroxyl groups excluding tert-OH is 1. The Labute approximate surface area is 704 Å². The summed E-state index contributed by atoms with van der Waals surface area (Å²) in [6, 6.07) is 4.14. The van der Waals surface area contributed by atoms with E-state index < -0.39 is 168 Å². The highest BCUT2D eigenvalue weighted by Crippen LogP contribution is 2.44. The Hall–Kier alpha value is -8.39. The molecule has 2 saturated heterocycles. The van der Waals surface area contributed by atoms with Gasteiger partial charge in [-0.3, -0.25) is 57.6 Å². The van der Waals surface area contributed by atoms with Gasteiger partial charge in [0.15, 0.2) is 0 Å². The molecule has 117 heavy (non-hydrogen) atoms. The van der Waals surface area contributed by atoms with Crippen LogP contribution in [-0.4, -0.2) is 298 Å². The molecule has 2 aromatic rings. The van der Waals surface area contributed by atoms with Crippen LogP contribution in [0.1, 0.15) is 173 Å². The number of hydrogen-bond acceptors (Lipinski definition) is 18. The van der Waals surface area contributed by atoms with Crippen LogP contribution in [0.15, 0.2) is 81.5 Å². The normalized spacial score (nSPS) is 24.7. The van der Waals surface area contributed by atoms with Crippen LogP contribution in [0.3, 0.4) is 0 Å². The van der Waals surface area contributed by atoms with Gasteiger partial charge >= 0.3 is 11.9 Å². The lowest BCUT2D eigenvalue weighted by Crippen LogP contribution is -2.63. The molecule has 656 valence electrons. The number of benzene rings is 2. The van der Waals surface area contributed by atoms with E-state index >= 15 is 9.59 Å². The lowest BCUT2D eigenvalue weighted by molar-refractivity contribution is -0.157. The highest BCUT2D eigenvalue weighted by atomic mass is 32.2. The first kappa shape index (κ1) is 103. The summed E-state index contributed by atoms with van der Waals surface area (Å²) < 4.78 is 0. The van der Waals surface area contributed by atoms with Crippen molar-refractivity contribution in [3.63, 3.8) is 0 Å². The number of piperazine rings is 1. The first-order chi connectivity index (χ1) is 54.6. The number of likely N-dealkylation sites (N-methyl/N-ethyl adjacent to an activating group) is 8. The number of aliphatic hydroxyl groups is 1. The van der Waals surface area contributed by atoms with Crippen LogP contribution in [0.5, 0.6) is 0 Å². The van der Waals surface area contributed by atoms with Crippen molar-refractivity contribution in [2.24, 2.45) is 41.4 Å². The maximum Gasteiger partial charge on any atom is 0.328 e. The molecule has 0 spiro atoms. The number of carbonyl (C=O) groups excluding carboxylic acids is 11. The Morgan fingerprint density at radius 2 is 1.01 bits per heavy atom. The number of fused-ring (bicyclic) bond motifs is 2. The Balaban J connectivity index is 0.000000896. The highest BCUT2D eigenvalue weighted by Gasteiger charge is 2.46. The number of carbonyl (C=O) groups is 13. The minimum atomic E-state index is -1.61. The third-order valence-corrected chi connectivity index (χ3v) is 23.5. The van der Waals surface area contributed by atoms with Gasteiger partial charge in [0.1, 0.15) is 60.4 Å². The summed E-state index contributed by atoms with van der Waals surface area (Å²) in [6.07, 6.45) is 7.45. The molecule has 13 unspecified atom stereocenters. The predicted octanol–water partition coefficient (Wildman–Crippen LogP) is 7.39. The number of nitrogens with one attached hydrogen (secondary N) is 4. The molecule has 5 rings (SSSR count). The van der Waals surface area contributed by atoms with Crippen molar-refractivity contribution in [2.75, 3.05) is 95.4 Å². The van der Waals surface area contributed by atoms with Gasteiger partial charge in [-0.2, -0.15) is 0 Å². The van der Waals surface area contributed by atoms with Crippen molar-refractivity contribution in [2.45, 2.75) is 250 Å². The molecule has 2 fully saturated rings. The molecular formula is C86H139N13O16S2. The number of amides is 11. The molecule has 31 heteroatoms. The fourth-order valence-electron chi connectivity index (χ4n) is 14.5. The number of allylic oxidation sites excluding steroid dienone is 2. The molecule has 29 nitrogen and oxygen atoms in total. The third-order valence-electron chi connectivity index (χ3n) is 21.6. The molecule has 3 aliphatic rings. The standard InChI is InChI=1S/C62H111N11O12.C20H24N2S2.C4H4O4/c1-25-27-28-40(15)52(75)51-56(79)65-43(26-2)58(81)67(18)33-48(74)68(19)44(29-34(3)4)55(78)66-49(38(11)12)61(84)69(20)45(30-35(5)6)54(77)63-41(16)53(76)64-42(17)57(80)70(21)46(31-36(7)8)59(82)71(22)47(32-37(9)10)60(83)72(23)50(39(13)14)62(85)73(51)24;1-21-9-11-22(12-10-21)18-13-15-5-3-4-6-19(15)24-20-8-7-16(23-2)14-17(18)20;5-3(6)1-2-4(7)8/h25,27,34-47,49-52,75H,26,28-33H2,1-24H3,(H,63,77)(H,64,76)(H,65,79)(H,66,78);3-8,14,18H,9-13H2,1-2H3;1-2H,(H,5,6)(H,7,8). The van der Waals surface area contributed by atoms with Crippen molar-refractivity contribution < 1.29 is 77.6 Å². The van der Waals surface area contributed by atoms with Crippen molar-refractivity contribution in [1.29, 1.82) is 0 Å². The van der Waals surface area contributed by atoms with Gasteiger partial charge in [0.05, 0.1) is 12.6 Å². The second-order valence-electron chi connectivity index (χ2n) is 33.8. The zero-order valence-electron chi connectivity index (χ0n) is 74.3.